The van der Waals surface area contributed by atoms with Crippen LogP contribution < -0.4 is 20.9 Å². The molecule has 0 aliphatic heterocycles. The third kappa shape index (κ3) is 5.16. The first-order chi connectivity index (χ1) is 11.0. The quantitative estimate of drug-likeness (QED) is 0.722. The fourth-order valence-electron chi connectivity index (χ4n) is 2.39. The van der Waals surface area contributed by atoms with Gasteiger partial charge >= 0.3 is 6.03 Å². The number of amides is 3. The van der Waals surface area contributed by atoms with Crippen LogP contribution in [0.15, 0.2) is 18.2 Å². The summed E-state index contributed by atoms with van der Waals surface area (Å²) in [4.78, 5) is 25.7. The summed E-state index contributed by atoms with van der Waals surface area (Å²) in [5, 5.41) is 8.19. The van der Waals surface area contributed by atoms with Gasteiger partial charge in [0.1, 0.15) is 0 Å². The molecule has 23 heavy (non-hydrogen) atoms. The highest BCUT2D eigenvalue weighted by molar-refractivity contribution is 5.95. The fourth-order valence-corrected chi connectivity index (χ4v) is 2.39. The van der Waals surface area contributed by atoms with E-state index in [0.29, 0.717) is 0 Å². The van der Waals surface area contributed by atoms with Crippen LogP contribution in [0.2, 0.25) is 0 Å². The van der Waals surface area contributed by atoms with Crippen molar-refractivity contribution in [3.63, 3.8) is 0 Å². The molecule has 1 fully saturated rings. The Labute approximate surface area is 137 Å². The lowest BCUT2D eigenvalue weighted by atomic mass is 10.1. The van der Waals surface area contributed by atoms with Crippen molar-refractivity contribution in [2.75, 3.05) is 29.9 Å². The number of nitrogens with one attached hydrogen (secondary N) is 3. The topological polar surface area (TPSA) is 73.5 Å². The van der Waals surface area contributed by atoms with Crippen molar-refractivity contribution in [3.05, 3.63) is 23.8 Å². The molecule has 6 nitrogen and oxygen atoms in total. The largest absolute Gasteiger partial charge is 0.372 e. The Morgan fingerprint density at radius 3 is 2.48 bits per heavy atom. The third-order valence-corrected chi connectivity index (χ3v) is 3.93. The van der Waals surface area contributed by atoms with Crippen molar-refractivity contribution in [2.24, 2.45) is 0 Å². The third-order valence-electron chi connectivity index (χ3n) is 3.93. The molecule has 1 aliphatic carbocycles. The normalized spacial score (nSPS) is 13.3. The second kappa shape index (κ2) is 7.85. The van der Waals surface area contributed by atoms with E-state index in [-0.39, 0.29) is 24.5 Å². The highest BCUT2D eigenvalue weighted by atomic mass is 16.2. The van der Waals surface area contributed by atoms with Gasteiger partial charge in [-0.3, -0.25) is 4.79 Å². The van der Waals surface area contributed by atoms with Crippen molar-refractivity contribution in [3.8, 4) is 0 Å². The van der Waals surface area contributed by atoms with Crippen molar-refractivity contribution < 1.29 is 9.59 Å². The van der Waals surface area contributed by atoms with Gasteiger partial charge in [0.2, 0.25) is 5.91 Å². The molecule has 0 bridgehead atoms. The number of hydrogen-bond acceptors (Lipinski definition) is 3. The SMILES string of the molecule is CCN(CC)c1ccc(NC(=O)CNC(=O)NC2CC2)c(C)c1. The Balaban J connectivity index is 1.86. The highest BCUT2D eigenvalue weighted by Crippen LogP contribution is 2.22. The maximum atomic E-state index is 11.9. The molecule has 6 heteroatoms. The standard InChI is InChI=1S/C17H26N4O2/c1-4-21(5-2)14-8-9-15(12(3)10-14)20-16(22)11-18-17(23)19-13-6-7-13/h8-10,13H,4-7,11H2,1-3H3,(H,20,22)(H2,18,19,23). The molecule has 0 heterocycles. The molecule has 0 aromatic heterocycles. The van der Waals surface area contributed by atoms with Crippen LogP contribution in [0, 0.1) is 6.92 Å². The molecular formula is C17H26N4O2. The van der Waals surface area contributed by atoms with Gasteiger partial charge in [0, 0.05) is 30.5 Å². The molecule has 0 saturated heterocycles. The van der Waals surface area contributed by atoms with Crippen LogP contribution >= 0.6 is 0 Å². The monoisotopic (exact) mass is 318 g/mol. The summed E-state index contributed by atoms with van der Waals surface area (Å²) in [5.41, 5.74) is 2.92. The number of benzene rings is 1. The minimum Gasteiger partial charge on any atom is -0.372 e. The maximum Gasteiger partial charge on any atom is 0.315 e. The lowest BCUT2D eigenvalue weighted by Gasteiger charge is -2.22. The van der Waals surface area contributed by atoms with Gasteiger partial charge in [-0.2, -0.15) is 0 Å². The zero-order valence-corrected chi connectivity index (χ0v) is 14.1. The van der Waals surface area contributed by atoms with E-state index >= 15 is 0 Å². The Morgan fingerprint density at radius 1 is 1.22 bits per heavy atom. The molecule has 1 saturated carbocycles. The zero-order valence-electron chi connectivity index (χ0n) is 14.1. The lowest BCUT2D eigenvalue weighted by Crippen LogP contribution is -2.40. The summed E-state index contributed by atoms with van der Waals surface area (Å²) in [5.74, 6) is -0.227. The van der Waals surface area contributed by atoms with Gasteiger partial charge in [-0.15, -0.1) is 0 Å². The minimum absolute atomic E-state index is 0.0320. The molecule has 1 aromatic rings. The smallest absolute Gasteiger partial charge is 0.315 e. The van der Waals surface area contributed by atoms with Crippen molar-refractivity contribution >= 4 is 23.3 Å². The summed E-state index contributed by atoms with van der Waals surface area (Å²) < 4.78 is 0. The van der Waals surface area contributed by atoms with Crippen LogP contribution in [-0.2, 0) is 4.79 Å². The number of hydrogen-bond donors (Lipinski definition) is 3. The van der Waals surface area contributed by atoms with Crippen LogP contribution in [-0.4, -0.2) is 37.6 Å². The molecule has 0 unspecified atom stereocenters. The van der Waals surface area contributed by atoms with E-state index in [1.165, 1.54) is 0 Å². The van der Waals surface area contributed by atoms with Gasteiger partial charge in [-0.05, 0) is 57.4 Å². The van der Waals surface area contributed by atoms with Crippen LogP contribution in [0.25, 0.3) is 0 Å². The molecule has 0 atom stereocenters. The maximum absolute atomic E-state index is 11.9. The number of aryl methyl sites for hydroxylation is 1. The van der Waals surface area contributed by atoms with Crippen LogP contribution in [0.5, 0.6) is 0 Å². The first-order valence-electron chi connectivity index (χ1n) is 8.23. The number of carbonyl (C=O) groups is 2. The van der Waals surface area contributed by atoms with Crippen LogP contribution in [0.3, 0.4) is 0 Å². The first-order valence-corrected chi connectivity index (χ1v) is 8.23. The molecule has 3 amide bonds. The minimum atomic E-state index is -0.281. The first kappa shape index (κ1) is 17.1. The van der Waals surface area contributed by atoms with Crippen LogP contribution in [0.1, 0.15) is 32.3 Å². The summed E-state index contributed by atoms with van der Waals surface area (Å²) in [6.07, 6.45) is 2.05. The Bertz CT molecular complexity index is 566. The van der Waals surface area contributed by atoms with Crippen molar-refractivity contribution in [2.45, 2.75) is 39.7 Å². The molecule has 3 N–H and O–H groups in total. The molecule has 126 valence electrons. The van der Waals surface area contributed by atoms with Crippen molar-refractivity contribution in [1.29, 1.82) is 0 Å². The lowest BCUT2D eigenvalue weighted by molar-refractivity contribution is -0.115. The van der Waals surface area contributed by atoms with Crippen LogP contribution in [0.4, 0.5) is 16.2 Å². The molecular weight excluding hydrogens is 292 g/mol. The van der Waals surface area contributed by atoms with Gasteiger partial charge < -0.3 is 20.9 Å². The van der Waals surface area contributed by atoms with E-state index in [4.69, 9.17) is 0 Å². The predicted molar refractivity (Wildman–Crippen MR) is 92.9 cm³/mol. The summed E-state index contributed by atoms with van der Waals surface area (Å²) in [7, 11) is 0. The number of nitrogens with zero attached hydrogens (tertiary/aromatic N) is 1. The fraction of sp³-hybridized carbons (Fsp3) is 0.529. The van der Waals surface area contributed by atoms with E-state index in [1.807, 2.05) is 19.1 Å². The second-order valence-corrected chi connectivity index (χ2v) is 5.82. The number of rotatable bonds is 7. The summed E-state index contributed by atoms with van der Waals surface area (Å²) >= 11 is 0. The van der Waals surface area contributed by atoms with Gasteiger partial charge in [0.25, 0.3) is 0 Å². The van der Waals surface area contributed by atoms with E-state index in [0.717, 1.165) is 42.9 Å². The molecule has 0 spiro atoms. The molecule has 1 aliphatic rings. The number of anilines is 2. The predicted octanol–water partition coefficient (Wildman–Crippen LogP) is 2.24. The molecule has 0 radical (unpaired) electrons. The van der Waals surface area contributed by atoms with Gasteiger partial charge in [0.05, 0.1) is 6.54 Å². The van der Waals surface area contributed by atoms with E-state index < -0.39 is 0 Å². The summed E-state index contributed by atoms with van der Waals surface area (Å²) in [6, 6.07) is 5.98. The Hall–Kier alpha value is -2.24. The average molecular weight is 318 g/mol. The van der Waals surface area contributed by atoms with Gasteiger partial charge in [-0.1, -0.05) is 0 Å². The van der Waals surface area contributed by atoms with E-state index in [2.05, 4.69) is 40.8 Å². The summed E-state index contributed by atoms with van der Waals surface area (Å²) in [6.45, 7) is 8.06. The number of carbonyl (C=O) groups excluding carboxylic acids is 2. The number of urea groups is 1. The van der Waals surface area contributed by atoms with E-state index in [9.17, 15) is 9.59 Å². The van der Waals surface area contributed by atoms with Crippen molar-refractivity contribution in [1.82, 2.24) is 10.6 Å². The Kier molecular flexibility index (Phi) is 5.84. The van der Waals surface area contributed by atoms with Gasteiger partial charge in [-0.25, -0.2) is 4.79 Å². The average Bonchev–Trinajstić information content (AvgIpc) is 3.33. The molecule has 2 rings (SSSR count). The Morgan fingerprint density at radius 2 is 1.91 bits per heavy atom. The second-order valence-electron chi connectivity index (χ2n) is 5.82. The highest BCUT2D eigenvalue weighted by Gasteiger charge is 2.23. The van der Waals surface area contributed by atoms with Gasteiger partial charge in [0.15, 0.2) is 0 Å². The molecule has 1 aromatic carbocycles. The zero-order chi connectivity index (χ0) is 16.8. The van der Waals surface area contributed by atoms with E-state index in [1.54, 1.807) is 0 Å².